The van der Waals surface area contributed by atoms with E-state index in [4.69, 9.17) is 0 Å². The minimum Gasteiger partial charge on any atom is -0.313 e. The van der Waals surface area contributed by atoms with Crippen molar-refractivity contribution in [2.75, 3.05) is 0 Å². The Morgan fingerprint density at radius 1 is 1.10 bits per heavy atom. The first-order valence-corrected chi connectivity index (χ1v) is 6.86. The lowest BCUT2D eigenvalue weighted by molar-refractivity contribution is 0.888. The first-order valence-electron chi connectivity index (χ1n) is 6.86. The van der Waals surface area contributed by atoms with E-state index in [9.17, 15) is 4.79 Å². The Morgan fingerprint density at radius 2 is 1.90 bits per heavy atom. The van der Waals surface area contributed by atoms with Crippen LogP contribution in [0.2, 0.25) is 0 Å². The number of nitrogens with zero attached hydrogens (tertiary/aromatic N) is 1. The summed E-state index contributed by atoms with van der Waals surface area (Å²) < 4.78 is 0. The molecule has 0 unspecified atom stereocenters. The molecular formula is C17H16N2O. The molecule has 0 saturated heterocycles. The predicted octanol–water partition coefficient (Wildman–Crippen LogP) is 3.54. The van der Waals surface area contributed by atoms with Gasteiger partial charge in [0.25, 0.3) is 5.56 Å². The highest BCUT2D eigenvalue weighted by atomic mass is 16.1. The molecule has 3 rings (SSSR count). The summed E-state index contributed by atoms with van der Waals surface area (Å²) in [5.41, 5.74) is 2.56. The van der Waals surface area contributed by atoms with Gasteiger partial charge in [0.05, 0.1) is 12.0 Å². The van der Waals surface area contributed by atoms with Gasteiger partial charge >= 0.3 is 0 Å². The smallest absolute Gasteiger partial charge is 0.254 e. The van der Waals surface area contributed by atoms with Gasteiger partial charge in [-0.05, 0) is 17.2 Å². The highest BCUT2D eigenvalue weighted by molar-refractivity contribution is 5.96. The molecule has 3 aromatic rings. The number of hydrogen-bond donors (Lipinski definition) is 1. The summed E-state index contributed by atoms with van der Waals surface area (Å²) in [7, 11) is 0. The average Bonchev–Trinajstić information content (AvgIpc) is 2.49. The van der Waals surface area contributed by atoms with Gasteiger partial charge in [0.1, 0.15) is 0 Å². The maximum Gasteiger partial charge on any atom is 0.254 e. The number of fused-ring (bicyclic) bond motifs is 1. The summed E-state index contributed by atoms with van der Waals surface area (Å²) in [4.78, 5) is 19.1. The summed E-state index contributed by atoms with van der Waals surface area (Å²) in [6, 6.07) is 14.3. The number of benzene rings is 2. The van der Waals surface area contributed by atoms with Gasteiger partial charge in [-0.25, -0.2) is 4.98 Å². The standard InChI is InChI=1S/C17H16N2O/c1-2-6-15-16(18-11-19-17(15)20)14-10-5-8-12-7-3-4-9-13(12)14/h3-5,7-11H,2,6H2,1H3,(H,18,19,20). The zero-order valence-corrected chi connectivity index (χ0v) is 11.4. The second kappa shape index (κ2) is 5.29. The molecule has 2 aromatic carbocycles. The third kappa shape index (κ3) is 2.11. The van der Waals surface area contributed by atoms with Crippen LogP contribution >= 0.6 is 0 Å². The summed E-state index contributed by atoms with van der Waals surface area (Å²) in [5.74, 6) is 0. The molecular weight excluding hydrogens is 248 g/mol. The maximum atomic E-state index is 12.0. The van der Waals surface area contributed by atoms with Crippen molar-refractivity contribution in [3.05, 3.63) is 64.7 Å². The Balaban J connectivity index is 2.31. The lowest BCUT2D eigenvalue weighted by Crippen LogP contribution is -2.14. The highest BCUT2D eigenvalue weighted by Crippen LogP contribution is 2.28. The molecule has 0 aliphatic carbocycles. The molecule has 0 aliphatic heterocycles. The zero-order chi connectivity index (χ0) is 13.9. The van der Waals surface area contributed by atoms with Gasteiger partial charge in [0, 0.05) is 11.1 Å². The van der Waals surface area contributed by atoms with E-state index >= 15 is 0 Å². The molecule has 0 bridgehead atoms. The minimum atomic E-state index is -0.0372. The molecule has 0 atom stereocenters. The number of hydrogen-bond acceptors (Lipinski definition) is 2. The van der Waals surface area contributed by atoms with Crippen molar-refractivity contribution in [1.29, 1.82) is 0 Å². The lowest BCUT2D eigenvalue weighted by atomic mass is 9.98. The van der Waals surface area contributed by atoms with Crippen molar-refractivity contribution in [2.24, 2.45) is 0 Å². The largest absolute Gasteiger partial charge is 0.313 e. The van der Waals surface area contributed by atoms with E-state index in [-0.39, 0.29) is 5.56 Å². The lowest BCUT2D eigenvalue weighted by Gasteiger charge is -2.09. The van der Waals surface area contributed by atoms with Gasteiger partial charge in [-0.3, -0.25) is 4.79 Å². The summed E-state index contributed by atoms with van der Waals surface area (Å²) in [6.45, 7) is 2.07. The summed E-state index contributed by atoms with van der Waals surface area (Å²) in [5, 5.41) is 2.29. The van der Waals surface area contributed by atoms with Crippen LogP contribution in [0, 0.1) is 0 Å². The fourth-order valence-corrected chi connectivity index (χ4v) is 2.57. The van der Waals surface area contributed by atoms with E-state index in [2.05, 4.69) is 35.1 Å². The second-order valence-corrected chi connectivity index (χ2v) is 4.84. The highest BCUT2D eigenvalue weighted by Gasteiger charge is 2.12. The molecule has 3 nitrogen and oxygen atoms in total. The molecule has 0 amide bonds. The van der Waals surface area contributed by atoms with Gasteiger partial charge < -0.3 is 4.98 Å². The molecule has 1 N–H and O–H groups in total. The third-order valence-corrected chi connectivity index (χ3v) is 3.49. The van der Waals surface area contributed by atoms with Crippen LogP contribution in [-0.4, -0.2) is 9.97 Å². The number of aromatic nitrogens is 2. The quantitative estimate of drug-likeness (QED) is 0.786. The van der Waals surface area contributed by atoms with E-state index in [1.165, 1.54) is 6.33 Å². The van der Waals surface area contributed by atoms with Gasteiger partial charge in [-0.2, -0.15) is 0 Å². The number of H-pyrrole nitrogens is 1. The van der Waals surface area contributed by atoms with Crippen LogP contribution < -0.4 is 5.56 Å². The zero-order valence-electron chi connectivity index (χ0n) is 11.4. The Bertz CT molecular complexity index is 800. The van der Waals surface area contributed by atoms with Crippen LogP contribution in [0.25, 0.3) is 22.0 Å². The Labute approximate surface area is 117 Å². The topological polar surface area (TPSA) is 45.8 Å². The van der Waals surface area contributed by atoms with Crippen LogP contribution in [0.3, 0.4) is 0 Å². The maximum absolute atomic E-state index is 12.0. The fraction of sp³-hybridized carbons (Fsp3) is 0.176. The number of nitrogens with one attached hydrogen (secondary N) is 1. The van der Waals surface area contributed by atoms with E-state index in [1.807, 2.05) is 24.3 Å². The van der Waals surface area contributed by atoms with Crippen molar-refractivity contribution in [3.63, 3.8) is 0 Å². The minimum absolute atomic E-state index is 0.0372. The van der Waals surface area contributed by atoms with Gasteiger partial charge in [0.15, 0.2) is 0 Å². The van der Waals surface area contributed by atoms with E-state index < -0.39 is 0 Å². The van der Waals surface area contributed by atoms with Gasteiger partial charge in [0.2, 0.25) is 0 Å². The normalized spacial score (nSPS) is 10.8. The van der Waals surface area contributed by atoms with Crippen molar-refractivity contribution in [2.45, 2.75) is 19.8 Å². The van der Waals surface area contributed by atoms with Gasteiger partial charge in [-0.1, -0.05) is 55.8 Å². The van der Waals surface area contributed by atoms with E-state index in [0.717, 1.165) is 40.4 Å². The van der Waals surface area contributed by atoms with Crippen LogP contribution in [0.15, 0.2) is 53.6 Å². The molecule has 0 spiro atoms. The monoisotopic (exact) mass is 264 g/mol. The molecule has 0 aliphatic rings. The van der Waals surface area contributed by atoms with Crippen LogP contribution in [0.4, 0.5) is 0 Å². The molecule has 0 fully saturated rings. The summed E-state index contributed by atoms with van der Waals surface area (Å²) in [6.07, 6.45) is 3.15. The Hall–Kier alpha value is -2.42. The fourth-order valence-electron chi connectivity index (χ4n) is 2.57. The second-order valence-electron chi connectivity index (χ2n) is 4.84. The molecule has 100 valence electrons. The predicted molar refractivity (Wildman–Crippen MR) is 81.8 cm³/mol. The van der Waals surface area contributed by atoms with Crippen molar-refractivity contribution >= 4 is 10.8 Å². The van der Waals surface area contributed by atoms with Crippen LogP contribution in [-0.2, 0) is 6.42 Å². The molecule has 1 aromatic heterocycles. The van der Waals surface area contributed by atoms with E-state index in [1.54, 1.807) is 0 Å². The first kappa shape index (κ1) is 12.6. The molecule has 0 saturated carbocycles. The Morgan fingerprint density at radius 3 is 2.75 bits per heavy atom. The molecule has 0 radical (unpaired) electrons. The van der Waals surface area contributed by atoms with Crippen LogP contribution in [0.1, 0.15) is 18.9 Å². The van der Waals surface area contributed by atoms with Crippen molar-refractivity contribution in [1.82, 2.24) is 9.97 Å². The van der Waals surface area contributed by atoms with Crippen molar-refractivity contribution < 1.29 is 0 Å². The average molecular weight is 264 g/mol. The number of rotatable bonds is 3. The third-order valence-electron chi connectivity index (χ3n) is 3.49. The molecule has 3 heteroatoms. The summed E-state index contributed by atoms with van der Waals surface area (Å²) >= 11 is 0. The SMILES string of the molecule is CCCc1c(-c2cccc3ccccc23)nc[nH]c1=O. The van der Waals surface area contributed by atoms with Crippen LogP contribution in [0.5, 0.6) is 0 Å². The molecule has 20 heavy (non-hydrogen) atoms. The first-order chi connectivity index (χ1) is 9.81. The number of aromatic amines is 1. The van der Waals surface area contributed by atoms with Crippen molar-refractivity contribution in [3.8, 4) is 11.3 Å². The van der Waals surface area contributed by atoms with Gasteiger partial charge in [-0.15, -0.1) is 0 Å². The molecule has 1 heterocycles. The Kier molecular flexibility index (Phi) is 3.33. The van der Waals surface area contributed by atoms with E-state index in [0.29, 0.717) is 0 Å².